The topological polar surface area (TPSA) is 63.4 Å². The third kappa shape index (κ3) is 2.61. The largest absolute Gasteiger partial charge is 0.490 e. The number of aromatic amines is 1. The Morgan fingerprint density at radius 1 is 1.04 bits per heavy atom. The maximum absolute atomic E-state index is 12.5. The SMILES string of the molecule is O=C(Nc1cccc2[nH]ccc12)c1ccc2c(c1)OCCCO2. The molecule has 5 nitrogen and oxygen atoms in total. The zero-order valence-electron chi connectivity index (χ0n) is 12.5. The molecule has 0 fully saturated rings. The fourth-order valence-corrected chi connectivity index (χ4v) is 2.69. The molecule has 0 atom stereocenters. The fourth-order valence-electron chi connectivity index (χ4n) is 2.69. The Labute approximate surface area is 133 Å². The third-order valence-corrected chi connectivity index (χ3v) is 3.85. The van der Waals surface area contributed by atoms with E-state index in [4.69, 9.17) is 9.47 Å². The van der Waals surface area contributed by atoms with Crippen LogP contribution in [0.3, 0.4) is 0 Å². The van der Waals surface area contributed by atoms with E-state index in [1.807, 2.05) is 30.5 Å². The van der Waals surface area contributed by atoms with Crippen LogP contribution in [0.1, 0.15) is 16.8 Å². The molecule has 1 amide bonds. The first-order valence-electron chi connectivity index (χ1n) is 7.58. The van der Waals surface area contributed by atoms with E-state index in [0.717, 1.165) is 23.0 Å². The van der Waals surface area contributed by atoms with Crippen LogP contribution in [-0.4, -0.2) is 24.1 Å². The van der Waals surface area contributed by atoms with E-state index < -0.39 is 0 Å². The van der Waals surface area contributed by atoms with Crippen LogP contribution in [0.2, 0.25) is 0 Å². The van der Waals surface area contributed by atoms with Gasteiger partial charge in [-0.05, 0) is 36.4 Å². The highest BCUT2D eigenvalue weighted by molar-refractivity contribution is 6.09. The molecule has 0 bridgehead atoms. The minimum Gasteiger partial charge on any atom is -0.490 e. The van der Waals surface area contributed by atoms with Crippen molar-refractivity contribution < 1.29 is 14.3 Å². The van der Waals surface area contributed by atoms with Crippen molar-refractivity contribution in [3.8, 4) is 11.5 Å². The number of amides is 1. The summed E-state index contributed by atoms with van der Waals surface area (Å²) in [5, 5.41) is 3.94. The molecule has 1 aliphatic rings. The lowest BCUT2D eigenvalue weighted by atomic mass is 10.1. The maximum Gasteiger partial charge on any atom is 0.255 e. The molecule has 2 heterocycles. The van der Waals surface area contributed by atoms with Crippen LogP contribution in [0.5, 0.6) is 11.5 Å². The lowest BCUT2D eigenvalue weighted by Crippen LogP contribution is -2.12. The van der Waals surface area contributed by atoms with Gasteiger partial charge in [-0.25, -0.2) is 0 Å². The van der Waals surface area contributed by atoms with Crippen LogP contribution >= 0.6 is 0 Å². The number of carbonyl (C=O) groups is 1. The predicted molar refractivity (Wildman–Crippen MR) is 88.3 cm³/mol. The monoisotopic (exact) mass is 308 g/mol. The van der Waals surface area contributed by atoms with Gasteiger partial charge < -0.3 is 19.8 Å². The Morgan fingerprint density at radius 2 is 1.91 bits per heavy atom. The van der Waals surface area contributed by atoms with E-state index in [1.165, 1.54) is 0 Å². The van der Waals surface area contributed by atoms with Gasteiger partial charge in [0.2, 0.25) is 0 Å². The Kier molecular flexibility index (Phi) is 3.38. The van der Waals surface area contributed by atoms with Gasteiger partial charge in [0.1, 0.15) is 0 Å². The highest BCUT2D eigenvalue weighted by Gasteiger charge is 2.15. The van der Waals surface area contributed by atoms with Crippen LogP contribution in [0, 0.1) is 0 Å². The molecule has 116 valence electrons. The Balaban J connectivity index is 1.62. The smallest absolute Gasteiger partial charge is 0.255 e. The molecular weight excluding hydrogens is 292 g/mol. The third-order valence-electron chi connectivity index (χ3n) is 3.85. The summed E-state index contributed by atoms with van der Waals surface area (Å²) in [7, 11) is 0. The molecule has 0 spiro atoms. The van der Waals surface area contributed by atoms with Crippen molar-refractivity contribution in [2.75, 3.05) is 18.5 Å². The molecule has 0 saturated heterocycles. The lowest BCUT2D eigenvalue weighted by Gasteiger charge is -2.10. The molecule has 4 rings (SSSR count). The average molecular weight is 308 g/mol. The van der Waals surface area contributed by atoms with Crippen molar-refractivity contribution in [2.45, 2.75) is 6.42 Å². The van der Waals surface area contributed by atoms with E-state index in [1.54, 1.807) is 18.2 Å². The minimum atomic E-state index is -0.172. The number of carbonyl (C=O) groups excluding carboxylic acids is 1. The summed E-state index contributed by atoms with van der Waals surface area (Å²) >= 11 is 0. The number of ether oxygens (including phenoxy) is 2. The van der Waals surface area contributed by atoms with Crippen molar-refractivity contribution in [3.05, 3.63) is 54.2 Å². The van der Waals surface area contributed by atoms with E-state index >= 15 is 0 Å². The Hall–Kier alpha value is -2.95. The number of hydrogen-bond donors (Lipinski definition) is 2. The second-order valence-corrected chi connectivity index (χ2v) is 5.41. The van der Waals surface area contributed by atoms with Gasteiger partial charge in [0, 0.05) is 29.1 Å². The van der Waals surface area contributed by atoms with E-state index in [-0.39, 0.29) is 5.91 Å². The van der Waals surface area contributed by atoms with Crippen LogP contribution in [0.25, 0.3) is 10.9 Å². The predicted octanol–water partition coefficient (Wildman–Crippen LogP) is 3.58. The summed E-state index contributed by atoms with van der Waals surface area (Å²) < 4.78 is 11.2. The number of rotatable bonds is 2. The molecule has 2 aromatic carbocycles. The van der Waals surface area contributed by atoms with Crippen LogP contribution in [0.4, 0.5) is 5.69 Å². The molecule has 0 aliphatic carbocycles. The number of hydrogen-bond acceptors (Lipinski definition) is 3. The van der Waals surface area contributed by atoms with E-state index in [2.05, 4.69) is 10.3 Å². The Bertz CT molecular complexity index is 870. The van der Waals surface area contributed by atoms with Crippen molar-refractivity contribution in [3.63, 3.8) is 0 Å². The first-order chi connectivity index (χ1) is 11.3. The highest BCUT2D eigenvalue weighted by atomic mass is 16.5. The van der Waals surface area contributed by atoms with Crippen LogP contribution in [-0.2, 0) is 0 Å². The minimum absolute atomic E-state index is 0.172. The van der Waals surface area contributed by atoms with E-state index in [9.17, 15) is 4.79 Å². The van der Waals surface area contributed by atoms with Gasteiger partial charge >= 0.3 is 0 Å². The standard InChI is InChI=1S/C18H16N2O3/c21-18(20-15-4-1-3-14-13(15)7-8-19-14)12-5-6-16-17(11-12)23-10-2-9-22-16/h1,3-8,11,19H,2,9-10H2,(H,20,21). The second kappa shape index (κ2) is 5.68. The van der Waals surface area contributed by atoms with Crippen LogP contribution in [0.15, 0.2) is 48.7 Å². The van der Waals surface area contributed by atoms with Gasteiger partial charge in [-0.1, -0.05) is 6.07 Å². The van der Waals surface area contributed by atoms with Gasteiger partial charge in [-0.2, -0.15) is 0 Å². The summed E-state index contributed by atoms with van der Waals surface area (Å²) in [5.41, 5.74) is 2.31. The molecule has 1 aliphatic heterocycles. The number of aromatic nitrogens is 1. The summed E-state index contributed by atoms with van der Waals surface area (Å²) in [6.45, 7) is 1.23. The summed E-state index contributed by atoms with van der Waals surface area (Å²) in [4.78, 5) is 15.7. The molecule has 23 heavy (non-hydrogen) atoms. The molecule has 0 saturated carbocycles. The molecular formula is C18H16N2O3. The normalized spacial score (nSPS) is 13.6. The van der Waals surface area contributed by atoms with Crippen molar-refractivity contribution in [1.29, 1.82) is 0 Å². The van der Waals surface area contributed by atoms with Gasteiger partial charge in [0.15, 0.2) is 11.5 Å². The molecule has 3 aromatic rings. The fraction of sp³-hybridized carbons (Fsp3) is 0.167. The number of anilines is 1. The second-order valence-electron chi connectivity index (χ2n) is 5.41. The molecule has 1 aromatic heterocycles. The molecule has 5 heteroatoms. The number of H-pyrrole nitrogens is 1. The first-order valence-corrected chi connectivity index (χ1v) is 7.58. The first kappa shape index (κ1) is 13.7. The summed E-state index contributed by atoms with van der Waals surface area (Å²) in [6.07, 6.45) is 2.69. The summed E-state index contributed by atoms with van der Waals surface area (Å²) in [6, 6.07) is 13.0. The van der Waals surface area contributed by atoms with Crippen molar-refractivity contribution in [2.24, 2.45) is 0 Å². The molecule has 2 N–H and O–H groups in total. The average Bonchev–Trinajstić information content (AvgIpc) is 2.93. The van der Waals surface area contributed by atoms with Crippen molar-refractivity contribution >= 4 is 22.5 Å². The zero-order chi connectivity index (χ0) is 15.6. The number of benzene rings is 2. The van der Waals surface area contributed by atoms with Crippen LogP contribution < -0.4 is 14.8 Å². The van der Waals surface area contributed by atoms with Gasteiger partial charge in [-0.3, -0.25) is 4.79 Å². The number of fused-ring (bicyclic) bond motifs is 2. The van der Waals surface area contributed by atoms with Gasteiger partial charge in [0.05, 0.1) is 18.9 Å². The molecule has 0 unspecified atom stereocenters. The number of nitrogens with one attached hydrogen (secondary N) is 2. The quantitative estimate of drug-likeness (QED) is 0.760. The van der Waals surface area contributed by atoms with E-state index in [0.29, 0.717) is 30.3 Å². The Morgan fingerprint density at radius 3 is 2.83 bits per heavy atom. The lowest BCUT2D eigenvalue weighted by molar-refractivity contribution is 0.102. The zero-order valence-corrected chi connectivity index (χ0v) is 12.5. The maximum atomic E-state index is 12.5. The van der Waals surface area contributed by atoms with Crippen molar-refractivity contribution in [1.82, 2.24) is 4.98 Å². The van der Waals surface area contributed by atoms with Gasteiger partial charge in [-0.15, -0.1) is 0 Å². The van der Waals surface area contributed by atoms with Gasteiger partial charge in [0.25, 0.3) is 5.91 Å². The summed E-state index contributed by atoms with van der Waals surface area (Å²) in [5.74, 6) is 1.14. The molecule has 0 radical (unpaired) electrons. The highest BCUT2D eigenvalue weighted by Crippen LogP contribution is 2.31.